The summed E-state index contributed by atoms with van der Waals surface area (Å²) in [6.07, 6.45) is 0. The van der Waals surface area contributed by atoms with Gasteiger partial charge in [-0.25, -0.2) is 0 Å². The molecule has 2 aromatic rings. The van der Waals surface area contributed by atoms with Gasteiger partial charge in [0.15, 0.2) is 0 Å². The molecule has 0 atom stereocenters. The summed E-state index contributed by atoms with van der Waals surface area (Å²) in [4.78, 5) is 0. The number of aromatic hydroxyl groups is 2. The second-order valence-corrected chi connectivity index (χ2v) is 17.1. The number of phenolic OH excluding ortho intramolecular Hbond substituents is 2. The van der Waals surface area contributed by atoms with E-state index in [1.54, 1.807) is 0 Å². The summed E-state index contributed by atoms with van der Waals surface area (Å²) < 4.78 is 0. The minimum absolute atomic E-state index is 0.226. The predicted octanol–water partition coefficient (Wildman–Crippen LogP) is 11.9. The summed E-state index contributed by atoms with van der Waals surface area (Å²) in [6.45, 7) is 25.2. The van der Waals surface area contributed by atoms with Crippen molar-refractivity contribution in [3.8, 4) is 11.5 Å². The molecule has 6 heteroatoms. The van der Waals surface area contributed by atoms with Crippen molar-refractivity contribution in [1.82, 2.24) is 0 Å². The first-order valence-electron chi connectivity index (χ1n) is 14.3. The lowest BCUT2D eigenvalue weighted by molar-refractivity contribution is 0.422. The highest BCUT2D eigenvalue weighted by molar-refractivity contribution is 6.56. The zero-order chi connectivity index (χ0) is 32.1. The van der Waals surface area contributed by atoms with Crippen LogP contribution in [0.4, 0.5) is 0 Å². The molecule has 0 spiro atoms. The lowest BCUT2D eigenvalue weighted by Gasteiger charge is -2.28. The van der Waals surface area contributed by atoms with E-state index in [4.69, 9.17) is 46.4 Å². The third-order valence-corrected chi connectivity index (χ3v) is 9.79. The number of hydrogen-bond donors (Lipinski definition) is 2. The lowest BCUT2D eigenvalue weighted by Crippen LogP contribution is -2.17. The zero-order valence-electron chi connectivity index (χ0n) is 26.7. The molecular formula is C36H42Cl4O2. The molecule has 2 aliphatic rings. The van der Waals surface area contributed by atoms with E-state index in [1.807, 2.05) is 0 Å². The van der Waals surface area contributed by atoms with E-state index in [1.165, 1.54) is 0 Å². The first-order valence-corrected chi connectivity index (χ1v) is 15.8. The molecule has 0 radical (unpaired) electrons. The summed E-state index contributed by atoms with van der Waals surface area (Å²) in [5.74, 6) is 0.626. The standard InChI is InChI=1S/C36H42Cl4O2/c1-33(2,3)19-13-17(14-20(31(19)41)34(4,5)6)23-24(25(23)26-27(37)29(39)30(40)28(26)38)18-15-21(35(7,8)9)32(42)22(16-18)36(10,11)12/h13-16,41-42H,1-12H3. The molecule has 42 heavy (non-hydrogen) atoms. The Bertz CT molecular complexity index is 1450. The van der Waals surface area contributed by atoms with Gasteiger partial charge in [-0.05, 0) is 68.2 Å². The van der Waals surface area contributed by atoms with Crippen LogP contribution in [-0.4, -0.2) is 10.2 Å². The topological polar surface area (TPSA) is 40.5 Å². The van der Waals surface area contributed by atoms with E-state index in [2.05, 4.69) is 107 Å². The van der Waals surface area contributed by atoms with Crippen molar-refractivity contribution in [2.75, 3.05) is 0 Å². The highest BCUT2D eigenvalue weighted by Gasteiger charge is 2.42. The molecule has 0 bridgehead atoms. The first-order chi connectivity index (χ1) is 18.9. The quantitative estimate of drug-likeness (QED) is 0.340. The fourth-order valence-electron chi connectivity index (χ4n) is 5.59. The van der Waals surface area contributed by atoms with Crippen LogP contribution in [-0.2, 0) is 21.7 Å². The van der Waals surface area contributed by atoms with Crippen LogP contribution in [0.2, 0.25) is 0 Å². The molecule has 226 valence electrons. The maximum atomic E-state index is 11.4. The number of allylic oxidation sites excluding steroid dienone is 8. The van der Waals surface area contributed by atoms with Gasteiger partial charge in [0.05, 0.1) is 20.1 Å². The minimum atomic E-state index is -0.310. The van der Waals surface area contributed by atoms with Crippen molar-refractivity contribution < 1.29 is 10.2 Å². The molecule has 0 saturated heterocycles. The maximum Gasteiger partial charge on any atom is 0.123 e. The van der Waals surface area contributed by atoms with E-state index in [9.17, 15) is 10.2 Å². The molecule has 0 amide bonds. The molecule has 2 aromatic carbocycles. The largest absolute Gasteiger partial charge is 0.507 e. The SMILES string of the molecule is CC(C)(C)c1cc(C2=C(c3cc(C(C)(C)C)c(O)c(C(C)(C)C)c3)C2=C2C(Cl)=C(Cl)C(Cl)=C2Cl)cc(C(C)(C)C)c1O. The molecule has 0 aromatic heterocycles. The summed E-state index contributed by atoms with van der Waals surface area (Å²) in [5, 5.41) is 23.9. The minimum Gasteiger partial charge on any atom is -0.507 e. The second-order valence-electron chi connectivity index (χ2n) is 15.6. The van der Waals surface area contributed by atoms with E-state index >= 15 is 0 Å². The number of rotatable bonds is 2. The molecule has 2 aliphatic carbocycles. The Labute approximate surface area is 271 Å². The first kappa shape index (κ1) is 33.1. The molecule has 0 fully saturated rings. The molecule has 0 aliphatic heterocycles. The van der Waals surface area contributed by atoms with Crippen molar-refractivity contribution in [3.63, 3.8) is 0 Å². The van der Waals surface area contributed by atoms with Crippen molar-refractivity contribution in [3.05, 3.63) is 88.9 Å². The summed E-state index contributed by atoms with van der Waals surface area (Å²) in [6, 6.07) is 8.26. The second kappa shape index (κ2) is 10.4. The van der Waals surface area contributed by atoms with Crippen LogP contribution in [0.25, 0.3) is 11.1 Å². The van der Waals surface area contributed by atoms with Gasteiger partial charge in [-0.15, -0.1) is 0 Å². The van der Waals surface area contributed by atoms with Crippen LogP contribution in [0.15, 0.2) is 55.5 Å². The van der Waals surface area contributed by atoms with Gasteiger partial charge in [0.1, 0.15) is 11.5 Å². The number of benzene rings is 2. The Kier molecular flexibility index (Phi) is 8.16. The highest BCUT2D eigenvalue weighted by Crippen LogP contribution is 2.61. The third kappa shape index (κ3) is 5.70. The highest BCUT2D eigenvalue weighted by atomic mass is 35.5. The molecule has 0 unspecified atom stereocenters. The van der Waals surface area contributed by atoms with Crippen LogP contribution >= 0.6 is 46.4 Å². The molecular weight excluding hydrogens is 606 g/mol. The van der Waals surface area contributed by atoms with Gasteiger partial charge in [0, 0.05) is 33.4 Å². The Balaban J connectivity index is 2.17. The Morgan fingerprint density at radius 2 is 0.619 bits per heavy atom. The predicted molar refractivity (Wildman–Crippen MR) is 182 cm³/mol. The van der Waals surface area contributed by atoms with E-state index < -0.39 is 0 Å². The fraction of sp³-hybridized carbons (Fsp3) is 0.444. The number of hydrogen-bond acceptors (Lipinski definition) is 2. The average Bonchev–Trinajstić information content (AvgIpc) is 3.50. The number of phenols is 2. The van der Waals surface area contributed by atoms with Gasteiger partial charge in [0.25, 0.3) is 0 Å². The summed E-state index contributed by atoms with van der Waals surface area (Å²) in [5.41, 5.74) is 7.51. The molecule has 2 nitrogen and oxygen atoms in total. The van der Waals surface area contributed by atoms with Crippen molar-refractivity contribution in [2.24, 2.45) is 0 Å². The van der Waals surface area contributed by atoms with E-state index in [0.717, 1.165) is 50.1 Å². The van der Waals surface area contributed by atoms with E-state index in [0.29, 0.717) is 27.1 Å². The lowest BCUT2D eigenvalue weighted by atomic mass is 9.78. The molecule has 2 N–H and O–H groups in total. The van der Waals surface area contributed by atoms with Crippen LogP contribution in [0, 0.1) is 0 Å². The summed E-state index contributed by atoms with van der Waals surface area (Å²) >= 11 is 26.6. The van der Waals surface area contributed by atoms with Gasteiger partial charge in [0.2, 0.25) is 0 Å². The van der Waals surface area contributed by atoms with Crippen LogP contribution in [0.1, 0.15) is 116 Å². The van der Waals surface area contributed by atoms with Gasteiger partial charge in [-0.1, -0.05) is 129 Å². The third-order valence-electron chi connectivity index (χ3n) is 7.98. The van der Waals surface area contributed by atoms with Gasteiger partial charge >= 0.3 is 0 Å². The van der Waals surface area contributed by atoms with Gasteiger partial charge in [-0.2, -0.15) is 0 Å². The van der Waals surface area contributed by atoms with Crippen LogP contribution in [0.3, 0.4) is 0 Å². The molecule has 0 saturated carbocycles. The van der Waals surface area contributed by atoms with Crippen LogP contribution < -0.4 is 0 Å². The normalized spacial score (nSPS) is 16.9. The smallest absolute Gasteiger partial charge is 0.123 e. The van der Waals surface area contributed by atoms with E-state index in [-0.39, 0.29) is 31.7 Å². The number of halogens is 4. The average molecular weight is 649 g/mol. The van der Waals surface area contributed by atoms with Gasteiger partial charge in [-0.3, -0.25) is 0 Å². The van der Waals surface area contributed by atoms with Crippen molar-refractivity contribution in [2.45, 2.75) is 105 Å². The van der Waals surface area contributed by atoms with Gasteiger partial charge < -0.3 is 10.2 Å². The monoisotopic (exact) mass is 646 g/mol. The van der Waals surface area contributed by atoms with Crippen LogP contribution in [0.5, 0.6) is 11.5 Å². The zero-order valence-corrected chi connectivity index (χ0v) is 29.7. The fourth-order valence-corrected chi connectivity index (χ4v) is 6.68. The van der Waals surface area contributed by atoms with Crippen molar-refractivity contribution >= 4 is 57.5 Å². The van der Waals surface area contributed by atoms with Crippen molar-refractivity contribution in [1.29, 1.82) is 0 Å². The summed E-state index contributed by atoms with van der Waals surface area (Å²) in [7, 11) is 0. The Hall–Kier alpha value is -1.84. The Morgan fingerprint density at radius 3 is 0.833 bits per heavy atom. The molecule has 0 heterocycles. The maximum absolute atomic E-state index is 11.4. The Morgan fingerprint density at radius 1 is 0.381 bits per heavy atom. The molecule has 4 rings (SSSR count).